The number of thioether (sulfide) groups is 1. The summed E-state index contributed by atoms with van der Waals surface area (Å²) in [5, 5.41) is 3.97. The van der Waals surface area contributed by atoms with E-state index in [0.29, 0.717) is 5.25 Å². The van der Waals surface area contributed by atoms with Gasteiger partial charge in [0.05, 0.1) is 5.56 Å². The van der Waals surface area contributed by atoms with E-state index in [2.05, 4.69) is 5.32 Å². The zero-order valence-corrected chi connectivity index (χ0v) is 10.8. The molecule has 1 aliphatic rings. The van der Waals surface area contributed by atoms with Crippen molar-refractivity contribution >= 4 is 11.8 Å². The van der Waals surface area contributed by atoms with Gasteiger partial charge in [0, 0.05) is 11.8 Å². The van der Waals surface area contributed by atoms with Crippen LogP contribution in [0.15, 0.2) is 24.3 Å². The first-order valence-electron chi connectivity index (χ1n) is 6.04. The third kappa shape index (κ3) is 3.92. The fourth-order valence-electron chi connectivity index (χ4n) is 1.97. The summed E-state index contributed by atoms with van der Waals surface area (Å²) in [6, 6.07) is 5.49. The van der Waals surface area contributed by atoms with Gasteiger partial charge in [0.15, 0.2) is 0 Å². The summed E-state index contributed by atoms with van der Waals surface area (Å²) < 4.78 is 37.1. The van der Waals surface area contributed by atoms with Gasteiger partial charge in [0.1, 0.15) is 0 Å². The molecular formula is C13H16F3NS. The zero-order valence-electron chi connectivity index (χ0n) is 9.96. The second-order valence-electron chi connectivity index (χ2n) is 4.43. The summed E-state index contributed by atoms with van der Waals surface area (Å²) in [6.07, 6.45) is -2.21. The molecule has 0 spiro atoms. The highest BCUT2D eigenvalue weighted by Gasteiger charge is 2.29. The van der Waals surface area contributed by atoms with Crippen molar-refractivity contribution in [3.8, 4) is 0 Å². The second-order valence-corrected chi connectivity index (χ2v) is 5.84. The molecule has 0 amide bonds. The predicted octanol–water partition coefficient (Wildman–Crippen LogP) is 3.34. The average molecular weight is 275 g/mol. The van der Waals surface area contributed by atoms with Gasteiger partial charge < -0.3 is 5.32 Å². The van der Waals surface area contributed by atoms with E-state index in [-0.39, 0.29) is 0 Å². The van der Waals surface area contributed by atoms with Crippen LogP contribution in [0.2, 0.25) is 0 Å². The van der Waals surface area contributed by atoms with Gasteiger partial charge >= 0.3 is 6.18 Å². The molecule has 0 saturated carbocycles. The molecule has 1 fully saturated rings. The van der Waals surface area contributed by atoms with Crippen molar-refractivity contribution in [2.75, 3.05) is 18.8 Å². The van der Waals surface area contributed by atoms with Gasteiger partial charge in [-0.15, -0.1) is 0 Å². The van der Waals surface area contributed by atoms with Crippen LogP contribution in [-0.2, 0) is 12.6 Å². The summed E-state index contributed by atoms with van der Waals surface area (Å²) >= 11 is 1.90. The van der Waals surface area contributed by atoms with E-state index < -0.39 is 11.7 Å². The number of hydrogen-bond donors (Lipinski definition) is 1. The Morgan fingerprint density at radius 1 is 1.22 bits per heavy atom. The number of alkyl halides is 3. The Bertz CT molecular complexity index is 369. The molecule has 0 bridgehead atoms. The van der Waals surface area contributed by atoms with Crippen molar-refractivity contribution in [2.45, 2.75) is 24.3 Å². The monoisotopic (exact) mass is 275 g/mol. The summed E-state index contributed by atoms with van der Waals surface area (Å²) in [5.41, 5.74) is 0.403. The fourth-order valence-corrected chi connectivity index (χ4v) is 3.18. The quantitative estimate of drug-likeness (QED) is 0.904. The molecule has 1 saturated heterocycles. The van der Waals surface area contributed by atoms with Crippen LogP contribution >= 0.6 is 11.8 Å². The van der Waals surface area contributed by atoms with Crippen molar-refractivity contribution < 1.29 is 13.2 Å². The minimum absolute atomic E-state index is 0.570. The predicted molar refractivity (Wildman–Crippen MR) is 68.9 cm³/mol. The van der Waals surface area contributed by atoms with Gasteiger partial charge in [-0.3, -0.25) is 0 Å². The van der Waals surface area contributed by atoms with E-state index in [1.165, 1.54) is 6.42 Å². The van der Waals surface area contributed by atoms with Crippen LogP contribution in [0.1, 0.15) is 17.5 Å². The van der Waals surface area contributed by atoms with E-state index in [1.54, 1.807) is 12.1 Å². The smallest absolute Gasteiger partial charge is 0.316 e. The maximum Gasteiger partial charge on any atom is 0.416 e. The van der Waals surface area contributed by atoms with Crippen LogP contribution in [0.5, 0.6) is 0 Å². The summed E-state index contributed by atoms with van der Waals surface area (Å²) in [4.78, 5) is 0. The molecule has 1 atom stereocenters. The van der Waals surface area contributed by atoms with Crippen LogP contribution in [0, 0.1) is 0 Å². The largest absolute Gasteiger partial charge is 0.416 e. The van der Waals surface area contributed by atoms with Crippen LogP contribution in [0.4, 0.5) is 13.2 Å². The van der Waals surface area contributed by atoms with Gasteiger partial charge in [0.2, 0.25) is 0 Å². The first kappa shape index (κ1) is 13.7. The molecule has 0 aromatic heterocycles. The molecule has 0 aliphatic carbocycles. The average Bonchev–Trinajstić information content (AvgIpc) is 2.82. The van der Waals surface area contributed by atoms with Gasteiger partial charge in [-0.2, -0.15) is 24.9 Å². The maximum atomic E-state index is 12.4. The number of nitrogens with one attached hydrogen (secondary N) is 1. The van der Waals surface area contributed by atoms with Crippen molar-refractivity contribution in [1.29, 1.82) is 0 Å². The molecule has 1 aliphatic heterocycles. The standard InChI is InChI=1S/C13H16F3NS/c14-13(15,16)11-3-1-10(2-4-11)6-8-18-12-5-7-17-9-12/h1-4,12,17H,5-9H2. The third-order valence-corrected chi connectivity index (χ3v) is 4.35. The van der Waals surface area contributed by atoms with E-state index in [4.69, 9.17) is 0 Å². The lowest BCUT2D eigenvalue weighted by molar-refractivity contribution is -0.137. The molecule has 18 heavy (non-hydrogen) atoms. The summed E-state index contributed by atoms with van der Waals surface area (Å²) in [7, 11) is 0. The second kappa shape index (κ2) is 5.97. The number of halogens is 3. The van der Waals surface area contributed by atoms with Crippen LogP contribution in [0.3, 0.4) is 0 Å². The number of benzene rings is 1. The molecule has 5 heteroatoms. The minimum Gasteiger partial charge on any atom is -0.316 e. The Morgan fingerprint density at radius 2 is 1.94 bits per heavy atom. The molecule has 1 aromatic rings. The maximum absolute atomic E-state index is 12.4. The summed E-state index contributed by atoms with van der Waals surface area (Å²) in [5.74, 6) is 0.970. The first-order valence-corrected chi connectivity index (χ1v) is 7.09. The highest BCUT2D eigenvalue weighted by atomic mass is 32.2. The number of aryl methyl sites for hydroxylation is 1. The Morgan fingerprint density at radius 3 is 2.50 bits per heavy atom. The van der Waals surface area contributed by atoms with E-state index in [1.807, 2.05) is 11.8 Å². The topological polar surface area (TPSA) is 12.0 Å². The lowest BCUT2D eigenvalue weighted by atomic mass is 10.1. The van der Waals surface area contributed by atoms with E-state index >= 15 is 0 Å². The first-order chi connectivity index (χ1) is 8.55. The van der Waals surface area contributed by atoms with Crippen LogP contribution in [-0.4, -0.2) is 24.1 Å². The normalized spacial score (nSPS) is 20.3. The summed E-state index contributed by atoms with van der Waals surface area (Å²) in [6.45, 7) is 2.13. The highest BCUT2D eigenvalue weighted by Crippen LogP contribution is 2.29. The van der Waals surface area contributed by atoms with Gasteiger partial charge in [-0.25, -0.2) is 0 Å². The Kier molecular flexibility index (Phi) is 4.56. The van der Waals surface area contributed by atoms with E-state index in [0.717, 1.165) is 43.0 Å². The fraction of sp³-hybridized carbons (Fsp3) is 0.538. The molecule has 1 heterocycles. The zero-order chi connectivity index (χ0) is 13.0. The highest BCUT2D eigenvalue weighted by molar-refractivity contribution is 7.99. The SMILES string of the molecule is FC(F)(F)c1ccc(CCSC2CCNC2)cc1. The van der Waals surface area contributed by atoms with Crippen LogP contribution in [0.25, 0.3) is 0 Å². The Hall–Kier alpha value is -0.680. The van der Waals surface area contributed by atoms with Crippen molar-refractivity contribution in [3.63, 3.8) is 0 Å². The molecule has 2 rings (SSSR count). The molecule has 100 valence electrons. The van der Waals surface area contributed by atoms with Crippen LogP contribution < -0.4 is 5.32 Å². The van der Waals surface area contributed by atoms with Gasteiger partial charge in [-0.05, 0) is 42.8 Å². The lowest BCUT2D eigenvalue weighted by Crippen LogP contribution is -2.10. The number of hydrogen-bond acceptors (Lipinski definition) is 2. The van der Waals surface area contributed by atoms with Gasteiger partial charge in [-0.1, -0.05) is 12.1 Å². The molecule has 1 nitrogen and oxygen atoms in total. The molecule has 0 radical (unpaired) electrons. The Balaban J connectivity index is 1.79. The van der Waals surface area contributed by atoms with Crippen molar-refractivity contribution in [3.05, 3.63) is 35.4 Å². The minimum atomic E-state index is -4.23. The molecule has 1 N–H and O–H groups in total. The van der Waals surface area contributed by atoms with Gasteiger partial charge in [0.25, 0.3) is 0 Å². The third-order valence-electron chi connectivity index (χ3n) is 3.04. The molecule has 1 unspecified atom stereocenters. The van der Waals surface area contributed by atoms with E-state index in [9.17, 15) is 13.2 Å². The Labute approximate surface area is 109 Å². The number of rotatable bonds is 4. The van der Waals surface area contributed by atoms with Crippen molar-refractivity contribution in [2.24, 2.45) is 0 Å². The molecular weight excluding hydrogens is 259 g/mol. The van der Waals surface area contributed by atoms with Crippen molar-refractivity contribution in [1.82, 2.24) is 5.32 Å². The molecule has 1 aromatic carbocycles. The lowest BCUT2D eigenvalue weighted by Gasteiger charge is -2.09.